The molecular weight excluding hydrogens is 452 g/mol. The Hall–Kier alpha value is -2.74. The number of H-pyrrole nitrogens is 1. The predicted octanol–water partition coefficient (Wildman–Crippen LogP) is 2.10. The third kappa shape index (κ3) is 4.09. The molecule has 3 heterocycles. The molecule has 3 rings (SSSR count). The number of aromatic nitrogens is 1. The molecule has 0 saturated carbocycles. The lowest BCUT2D eigenvalue weighted by Gasteiger charge is -2.18. The lowest BCUT2D eigenvalue weighted by molar-refractivity contribution is -0.160. The van der Waals surface area contributed by atoms with Gasteiger partial charge in [-0.05, 0) is 24.4 Å². The van der Waals surface area contributed by atoms with E-state index in [9.17, 15) is 22.8 Å². The Labute approximate surface area is 179 Å². The number of fused-ring (bicyclic) bond motifs is 1. The second-order valence-corrected chi connectivity index (χ2v) is 10.5. The molecule has 10 nitrogen and oxygen atoms in total. The summed E-state index contributed by atoms with van der Waals surface area (Å²) in [7, 11) is -2.29. The van der Waals surface area contributed by atoms with Gasteiger partial charge in [0, 0.05) is 18.3 Å². The summed E-state index contributed by atoms with van der Waals surface area (Å²) >= 11 is 2.45. The Morgan fingerprint density at radius 1 is 1.30 bits per heavy atom. The van der Waals surface area contributed by atoms with Crippen molar-refractivity contribution in [2.24, 2.45) is 0 Å². The van der Waals surface area contributed by atoms with Gasteiger partial charge in [0.15, 0.2) is 0 Å². The minimum atomic E-state index is -3.74. The molecule has 0 aliphatic heterocycles. The van der Waals surface area contributed by atoms with Crippen LogP contribution in [0, 0.1) is 6.92 Å². The number of aryl methyl sites for hydroxylation is 1. The number of ketones is 1. The van der Waals surface area contributed by atoms with Gasteiger partial charge in [-0.15, -0.1) is 22.7 Å². The van der Waals surface area contributed by atoms with Crippen LogP contribution in [0.4, 0.5) is 5.69 Å². The van der Waals surface area contributed by atoms with Crippen molar-refractivity contribution in [3.8, 4) is 0 Å². The minimum Gasteiger partial charge on any atom is -0.348 e. The SMILES string of the molecule is CCC(=O)C(=O)ONNC(=O)c1cc2sc(C)c(N(C)S(=O)(=O)c3cccs3)c2[nH]1. The molecule has 160 valence electrons. The molecule has 0 aliphatic carbocycles. The number of rotatable bonds is 8. The largest absolute Gasteiger partial charge is 0.394 e. The fourth-order valence-electron chi connectivity index (χ4n) is 2.64. The first-order chi connectivity index (χ1) is 14.2. The van der Waals surface area contributed by atoms with Crippen molar-refractivity contribution in [3.05, 3.63) is 34.2 Å². The van der Waals surface area contributed by atoms with E-state index in [-0.39, 0.29) is 16.3 Å². The minimum absolute atomic E-state index is 0.0224. The molecule has 0 spiro atoms. The Morgan fingerprint density at radius 2 is 2.03 bits per heavy atom. The number of hydrogen-bond donors (Lipinski definition) is 3. The van der Waals surface area contributed by atoms with E-state index >= 15 is 0 Å². The number of carbonyl (C=O) groups is 3. The number of sulfonamides is 1. The summed E-state index contributed by atoms with van der Waals surface area (Å²) in [6.45, 7) is 3.29. The molecule has 13 heteroatoms. The van der Waals surface area contributed by atoms with Crippen molar-refractivity contribution < 1.29 is 27.6 Å². The van der Waals surface area contributed by atoms with Gasteiger partial charge >= 0.3 is 5.97 Å². The molecule has 3 aromatic rings. The van der Waals surface area contributed by atoms with Gasteiger partial charge in [0.25, 0.3) is 15.9 Å². The molecule has 3 aromatic heterocycles. The van der Waals surface area contributed by atoms with E-state index in [0.29, 0.717) is 15.9 Å². The third-order valence-corrected chi connectivity index (χ3v) is 8.31. The highest BCUT2D eigenvalue weighted by molar-refractivity contribution is 7.94. The Morgan fingerprint density at radius 3 is 2.67 bits per heavy atom. The van der Waals surface area contributed by atoms with E-state index in [1.165, 1.54) is 35.7 Å². The molecule has 30 heavy (non-hydrogen) atoms. The van der Waals surface area contributed by atoms with Crippen LogP contribution in [0.2, 0.25) is 0 Å². The predicted molar refractivity (Wildman–Crippen MR) is 113 cm³/mol. The maximum absolute atomic E-state index is 12.9. The van der Waals surface area contributed by atoms with E-state index in [1.807, 2.05) is 5.59 Å². The highest BCUT2D eigenvalue weighted by Crippen LogP contribution is 2.39. The zero-order chi connectivity index (χ0) is 22.1. The van der Waals surface area contributed by atoms with E-state index in [1.54, 1.807) is 24.4 Å². The first-order valence-corrected chi connectivity index (χ1v) is 11.7. The van der Waals surface area contributed by atoms with Crippen LogP contribution < -0.4 is 15.3 Å². The van der Waals surface area contributed by atoms with Crippen molar-refractivity contribution in [2.75, 3.05) is 11.4 Å². The molecule has 0 saturated heterocycles. The molecule has 0 fully saturated rings. The first-order valence-electron chi connectivity index (χ1n) is 8.60. The average Bonchev–Trinajstić information content (AvgIpc) is 3.42. The van der Waals surface area contributed by atoms with E-state index < -0.39 is 27.7 Å². The number of anilines is 1. The molecule has 1 amide bonds. The maximum Gasteiger partial charge on any atom is 0.394 e. The average molecular weight is 471 g/mol. The van der Waals surface area contributed by atoms with Gasteiger partial charge in [-0.3, -0.25) is 19.3 Å². The number of carbonyl (C=O) groups excluding carboxylic acids is 3. The normalized spacial score (nSPS) is 11.4. The number of Topliss-reactive ketones (excluding diaryl/α,β-unsaturated/α-hetero) is 1. The molecule has 0 aliphatic rings. The Balaban J connectivity index is 1.81. The summed E-state index contributed by atoms with van der Waals surface area (Å²) in [4.78, 5) is 42.8. The van der Waals surface area contributed by atoms with Crippen LogP contribution in [0.25, 0.3) is 10.2 Å². The van der Waals surface area contributed by atoms with Gasteiger partial charge in [0.05, 0.1) is 15.9 Å². The number of hydrazine groups is 1. The Kier molecular flexibility index (Phi) is 6.26. The fourth-order valence-corrected chi connectivity index (χ4v) is 6.21. The maximum atomic E-state index is 12.9. The number of hydrogen-bond acceptors (Lipinski definition) is 9. The van der Waals surface area contributed by atoms with Crippen molar-refractivity contribution in [1.82, 2.24) is 16.0 Å². The summed E-state index contributed by atoms with van der Waals surface area (Å²) in [5.74, 6) is -2.53. The monoisotopic (exact) mass is 470 g/mol. The number of thiophene rings is 2. The fraction of sp³-hybridized carbons (Fsp3) is 0.235. The Bertz CT molecular complexity index is 1210. The van der Waals surface area contributed by atoms with E-state index in [0.717, 1.165) is 16.2 Å². The summed E-state index contributed by atoms with van der Waals surface area (Å²) in [5, 5.41) is 1.68. The molecule has 0 atom stereocenters. The number of nitrogens with one attached hydrogen (secondary N) is 3. The van der Waals surface area contributed by atoms with Crippen LogP contribution in [0.1, 0.15) is 28.7 Å². The van der Waals surface area contributed by atoms with Crippen LogP contribution in [0.5, 0.6) is 0 Å². The van der Waals surface area contributed by atoms with E-state index in [4.69, 9.17) is 0 Å². The molecular formula is C17H18N4O6S3. The second-order valence-electron chi connectivity index (χ2n) is 6.06. The molecule has 0 aromatic carbocycles. The topological polar surface area (TPSA) is 138 Å². The smallest absolute Gasteiger partial charge is 0.348 e. The molecule has 0 bridgehead atoms. The van der Waals surface area contributed by atoms with Crippen LogP contribution in [0.3, 0.4) is 0 Å². The van der Waals surface area contributed by atoms with Crippen LogP contribution in [0.15, 0.2) is 27.8 Å². The lowest BCUT2D eigenvalue weighted by Crippen LogP contribution is -2.40. The van der Waals surface area contributed by atoms with Gasteiger partial charge < -0.3 is 9.82 Å². The van der Waals surface area contributed by atoms with Crippen LogP contribution in [-0.2, 0) is 24.4 Å². The summed E-state index contributed by atoms with van der Waals surface area (Å²) in [5.41, 5.74) is 5.11. The van der Waals surface area contributed by atoms with Crippen LogP contribution >= 0.6 is 22.7 Å². The zero-order valence-electron chi connectivity index (χ0n) is 16.1. The lowest BCUT2D eigenvalue weighted by atomic mass is 10.3. The number of amides is 1. The van der Waals surface area contributed by atoms with E-state index in [2.05, 4.69) is 15.2 Å². The molecule has 3 N–H and O–H groups in total. The van der Waals surface area contributed by atoms with Gasteiger partial charge in [-0.1, -0.05) is 18.6 Å². The quantitative estimate of drug-likeness (QED) is 0.339. The van der Waals surface area contributed by atoms with Gasteiger partial charge in [-0.2, -0.15) is 0 Å². The van der Waals surface area contributed by atoms with Gasteiger partial charge in [0.2, 0.25) is 5.78 Å². The standard InChI is InChI=1S/C17H18N4O6S3/c1-4-11(22)17(24)27-20-19-16(23)10-8-12-14(18-10)15(9(2)29-12)21(3)30(25,26)13-6-5-7-28-13/h5-8,18,20H,4H2,1-3H3,(H,19,23). The van der Waals surface area contributed by atoms with Gasteiger partial charge in [-0.25, -0.2) is 13.2 Å². The molecule has 0 unspecified atom stereocenters. The highest BCUT2D eigenvalue weighted by atomic mass is 32.2. The van der Waals surface area contributed by atoms with Crippen molar-refractivity contribution >= 4 is 66.3 Å². The van der Waals surface area contributed by atoms with Crippen LogP contribution in [-0.4, -0.2) is 38.1 Å². The van der Waals surface area contributed by atoms with Gasteiger partial charge in [0.1, 0.15) is 9.90 Å². The van der Waals surface area contributed by atoms with Crippen molar-refractivity contribution in [1.29, 1.82) is 0 Å². The molecule has 0 radical (unpaired) electrons. The summed E-state index contributed by atoms with van der Waals surface area (Å²) < 4.78 is 27.8. The summed E-state index contributed by atoms with van der Waals surface area (Å²) in [6, 6.07) is 4.74. The third-order valence-electron chi connectivity index (χ3n) is 4.14. The van der Waals surface area contributed by atoms with Crippen molar-refractivity contribution in [2.45, 2.75) is 24.5 Å². The second kappa shape index (κ2) is 8.55. The highest BCUT2D eigenvalue weighted by Gasteiger charge is 2.27. The number of aromatic amines is 1. The summed E-state index contributed by atoms with van der Waals surface area (Å²) in [6.07, 6.45) is -0.0224. The number of nitrogens with zero attached hydrogens (tertiary/aromatic N) is 1. The van der Waals surface area contributed by atoms with Crippen molar-refractivity contribution in [3.63, 3.8) is 0 Å². The zero-order valence-corrected chi connectivity index (χ0v) is 18.6. The first kappa shape index (κ1) is 22.0.